The van der Waals surface area contributed by atoms with Crippen LogP contribution < -0.4 is 0 Å². The third kappa shape index (κ3) is 4.29. The van der Waals surface area contributed by atoms with Crippen molar-refractivity contribution in [2.75, 3.05) is 26.3 Å². The molecule has 1 fully saturated rings. The van der Waals surface area contributed by atoms with E-state index < -0.39 is 16.0 Å². The van der Waals surface area contributed by atoms with Gasteiger partial charge in [0.1, 0.15) is 16.5 Å². The van der Waals surface area contributed by atoms with Crippen molar-refractivity contribution in [1.82, 2.24) is 9.29 Å². The monoisotopic (exact) mass is 452 g/mol. The van der Waals surface area contributed by atoms with Crippen LogP contribution in [0.2, 0.25) is 5.02 Å². The van der Waals surface area contributed by atoms with Gasteiger partial charge in [-0.2, -0.15) is 4.31 Å². The molecule has 1 aliphatic heterocycles. The topological polar surface area (TPSA) is 85.8 Å². The van der Waals surface area contributed by atoms with Gasteiger partial charge in [0.2, 0.25) is 10.0 Å². The molecule has 0 aliphatic carbocycles. The number of hydrogen-bond acceptors (Lipinski definition) is 7. The Morgan fingerprint density at radius 1 is 1.21 bits per heavy atom. The Morgan fingerprint density at radius 3 is 2.72 bits per heavy atom. The number of aromatic nitrogens is 1. The lowest BCUT2D eigenvalue weighted by Crippen LogP contribution is -2.40. The molecule has 0 spiro atoms. The lowest BCUT2D eigenvalue weighted by molar-refractivity contribution is 0.0472. The molecule has 0 atom stereocenters. The number of para-hydroxylation sites is 1. The maximum Gasteiger partial charge on any atom is 0.338 e. The number of ether oxygens (including phenoxy) is 2. The van der Waals surface area contributed by atoms with E-state index in [0.29, 0.717) is 18.2 Å². The van der Waals surface area contributed by atoms with E-state index in [1.807, 2.05) is 24.3 Å². The largest absolute Gasteiger partial charge is 0.455 e. The molecule has 2 aromatic carbocycles. The van der Waals surface area contributed by atoms with Gasteiger partial charge in [-0.1, -0.05) is 23.7 Å². The van der Waals surface area contributed by atoms with Crippen molar-refractivity contribution in [3.63, 3.8) is 0 Å². The van der Waals surface area contributed by atoms with Crippen LogP contribution in [0.5, 0.6) is 0 Å². The van der Waals surface area contributed by atoms with Gasteiger partial charge >= 0.3 is 5.97 Å². The van der Waals surface area contributed by atoms with Crippen LogP contribution >= 0.6 is 22.9 Å². The zero-order valence-corrected chi connectivity index (χ0v) is 17.6. The fourth-order valence-electron chi connectivity index (χ4n) is 2.95. The third-order valence-corrected chi connectivity index (χ3v) is 7.81. The van der Waals surface area contributed by atoms with Crippen molar-refractivity contribution in [2.24, 2.45) is 0 Å². The van der Waals surface area contributed by atoms with Crippen LogP contribution in [0.15, 0.2) is 47.4 Å². The van der Waals surface area contributed by atoms with Gasteiger partial charge in [-0.25, -0.2) is 18.2 Å². The lowest BCUT2D eigenvalue weighted by atomic mass is 10.2. The highest BCUT2D eigenvalue weighted by Gasteiger charge is 2.29. The Balaban J connectivity index is 1.52. The number of sulfonamides is 1. The van der Waals surface area contributed by atoms with Crippen molar-refractivity contribution in [3.05, 3.63) is 58.1 Å². The molecule has 1 aromatic heterocycles. The molecule has 0 amide bonds. The number of rotatable bonds is 5. The number of thiazole rings is 1. The van der Waals surface area contributed by atoms with Crippen LogP contribution in [0.1, 0.15) is 15.4 Å². The van der Waals surface area contributed by atoms with Crippen LogP contribution in [0.4, 0.5) is 0 Å². The minimum atomic E-state index is -3.83. The number of benzene rings is 2. The van der Waals surface area contributed by atoms with Crippen molar-refractivity contribution < 1.29 is 22.7 Å². The van der Waals surface area contributed by atoms with E-state index in [1.54, 1.807) is 0 Å². The number of morpholine rings is 1. The second-order valence-corrected chi connectivity index (χ2v) is 9.74. The summed E-state index contributed by atoms with van der Waals surface area (Å²) < 4.78 is 38.6. The second kappa shape index (κ2) is 8.37. The summed E-state index contributed by atoms with van der Waals surface area (Å²) in [5.74, 6) is -0.639. The normalized spacial score (nSPS) is 15.5. The summed E-state index contributed by atoms with van der Waals surface area (Å²) in [6, 6.07) is 11.7. The van der Waals surface area contributed by atoms with Gasteiger partial charge in [-0.3, -0.25) is 0 Å². The Morgan fingerprint density at radius 2 is 1.97 bits per heavy atom. The molecule has 2 heterocycles. The van der Waals surface area contributed by atoms with E-state index in [0.717, 1.165) is 10.2 Å². The number of carbonyl (C=O) groups excluding carboxylic acids is 1. The minimum absolute atomic E-state index is 0.00630. The fourth-order valence-corrected chi connectivity index (χ4v) is 5.74. The number of hydrogen-bond donors (Lipinski definition) is 0. The summed E-state index contributed by atoms with van der Waals surface area (Å²) in [4.78, 5) is 16.8. The highest BCUT2D eigenvalue weighted by atomic mass is 35.5. The molecule has 0 unspecified atom stereocenters. The second-order valence-electron chi connectivity index (χ2n) is 6.31. The first-order valence-corrected chi connectivity index (χ1v) is 11.5. The number of halogens is 1. The zero-order valence-electron chi connectivity index (χ0n) is 15.2. The summed E-state index contributed by atoms with van der Waals surface area (Å²) in [7, 11) is -3.83. The predicted octanol–water partition coefficient (Wildman–Crippen LogP) is 3.33. The quantitative estimate of drug-likeness (QED) is 0.552. The predicted molar refractivity (Wildman–Crippen MR) is 110 cm³/mol. The van der Waals surface area contributed by atoms with Crippen molar-refractivity contribution >= 4 is 49.1 Å². The van der Waals surface area contributed by atoms with E-state index in [4.69, 9.17) is 21.1 Å². The molecule has 0 radical (unpaired) electrons. The van der Waals surface area contributed by atoms with Gasteiger partial charge in [0.25, 0.3) is 0 Å². The minimum Gasteiger partial charge on any atom is -0.455 e. The summed E-state index contributed by atoms with van der Waals surface area (Å²) in [6.07, 6.45) is 0. The number of carbonyl (C=O) groups is 1. The van der Waals surface area contributed by atoms with Gasteiger partial charge in [0.15, 0.2) is 0 Å². The average Bonchev–Trinajstić information content (AvgIpc) is 3.16. The molecule has 7 nitrogen and oxygen atoms in total. The molecule has 0 saturated carbocycles. The standard InChI is InChI=1S/C19H17ClN2O5S2/c20-14-6-5-13(11-17(14)29(24,25)22-7-9-26-10-8-22)19(23)27-12-18-21-15-3-1-2-4-16(15)28-18/h1-6,11H,7-10,12H2. The molecular formula is C19H17ClN2O5S2. The first-order chi connectivity index (χ1) is 13.9. The van der Waals surface area contributed by atoms with Crippen LogP contribution in [-0.2, 0) is 26.1 Å². The summed E-state index contributed by atoms with van der Waals surface area (Å²) in [5, 5.41) is 0.717. The van der Waals surface area contributed by atoms with Crippen molar-refractivity contribution in [2.45, 2.75) is 11.5 Å². The van der Waals surface area contributed by atoms with E-state index >= 15 is 0 Å². The maximum absolute atomic E-state index is 12.9. The Bertz CT molecular complexity index is 1120. The molecule has 4 rings (SSSR count). The smallest absolute Gasteiger partial charge is 0.338 e. The molecule has 152 valence electrons. The molecule has 1 aliphatic rings. The Kier molecular flexibility index (Phi) is 5.84. The molecule has 1 saturated heterocycles. The first kappa shape index (κ1) is 20.2. The average molecular weight is 453 g/mol. The molecule has 0 bridgehead atoms. The molecule has 3 aromatic rings. The Labute approximate surface area is 176 Å². The van der Waals surface area contributed by atoms with Crippen LogP contribution in [0, 0.1) is 0 Å². The number of nitrogens with zero attached hydrogens (tertiary/aromatic N) is 2. The van der Waals surface area contributed by atoms with Gasteiger partial charge in [0.05, 0.1) is 34.0 Å². The lowest BCUT2D eigenvalue weighted by Gasteiger charge is -2.26. The van der Waals surface area contributed by atoms with E-state index in [1.165, 1.54) is 33.8 Å². The highest BCUT2D eigenvalue weighted by molar-refractivity contribution is 7.89. The maximum atomic E-state index is 12.9. The molecule has 10 heteroatoms. The van der Waals surface area contributed by atoms with Gasteiger partial charge in [0, 0.05) is 13.1 Å². The Hall–Kier alpha value is -2.04. The van der Waals surface area contributed by atoms with Gasteiger partial charge in [-0.15, -0.1) is 11.3 Å². The fraction of sp³-hybridized carbons (Fsp3) is 0.263. The third-order valence-electron chi connectivity index (χ3n) is 4.42. The van der Waals surface area contributed by atoms with Crippen LogP contribution in [0.25, 0.3) is 10.2 Å². The van der Waals surface area contributed by atoms with E-state index in [9.17, 15) is 13.2 Å². The number of esters is 1. The van der Waals surface area contributed by atoms with Gasteiger partial charge in [-0.05, 0) is 30.3 Å². The van der Waals surface area contributed by atoms with E-state index in [-0.39, 0.29) is 35.2 Å². The SMILES string of the molecule is O=C(OCc1nc2ccccc2s1)c1ccc(Cl)c(S(=O)(=O)N2CCOCC2)c1. The van der Waals surface area contributed by atoms with Crippen LogP contribution in [-0.4, -0.2) is 50.0 Å². The van der Waals surface area contributed by atoms with Crippen molar-refractivity contribution in [3.8, 4) is 0 Å². The van der Waals surface area contributed by atoms with Crippen molar-refractivity contribution in [1.29, 1.82) is 0 Å². The highest BCUT2D eigenvalue weighted by Crippen LogP contribution is 2.27. The van der Waals surface area contributed by atoms with E-state index in [2.05, 4.69) is 4.98 Å². The first-order valence-electron chi connectivity index (χ1n) is 8.84. The molecular weight excluding hydrogens is 436 g/mol. The van der Waals surface area contributed by atoms with Crippen LogP contribution in [0.3, 0.4) is 0 Å². The summed E-state index contributed by atoms with van der Waals surface area (Å²) in [6.45, 7) is 1.13. The summed E-state index contributed by atoms with van der Waals surface area (Å²) >= 11 is 7.56. The molecule has 0 N–H and O–H groups in total. The molecule has 29 heavy (non-hydrogen) atoms. The zero-order chi connectivity index (χ0) is 20.4. The number of fused-ring (bicyclic) bond motifs is 1. The summed E-state index contributed by atoms with van der Waals surface area (Å²) in [5.41, 5.74) is 0.955. The van der Waals surface area contributed by atoms with Gasteiger partial charge < -0.3 is 9.47 Å².